The molecule has 0 aliphatic carbocycles. The highest BCUT2D eigenvalue weighted by molar-refractivity contribution is 6.70. The van der Waals surface area contributed by atoms with Gasteiger partial charge in [0.2, 0.25) is 0 Å². The van der Waals surface area contributed by atoms with Gasteiger partial charge < -0.3 is 4.53 Å². The first-order valence-electron chi connectivity index (χ1n) is 4.82. The van der Waals surface area contributed by atoms with E-state index >= 15 is 0 Å². The van der Waals surface area contributed by atoms with Gasteiger partial charge in [0.25, 0.3) is 8.32 Å². The normalized spacial score (nSPS) is 11.9. The zero-order valence-corrected chi connectivity index (χ0v) is 9.82. The Morgan fingerprint density at radius 3 is 2.50 bits per heavy atom. The van der Waals surface area contributed by atoms with E-state index in [0.717, 1.165) is 5.52 Å². The fourth-order valence-corrected chi connectivity index (χ4v) is 2.18. The Morgan fingerprint density at radius 1 is 1.07 bits per heavy atom. The number of fused-ring (bicyclic) bond motifs is 1. The van der Waals surface area contributed by atoms with Gasteiger partial charge in [0, 0.05) is 11.6 Å². The van der Waals surface area contributed by atoms with Crippen LogP contribution in [0, 0.1) is 0 Å². The summed E-state index contributed by atoms with van der Waals surface area (Å²) in [6, 6.07) is 10.3. The standard InChI is InChI=1S/C11H15NOSi/c1-14(2,3)13-12-9-8-10-6-4-5-7-11(10)12/h4-9H,1-3H3. The summed E-state index contributed by atoms with van der Waals surface area (Å²) in [5.41, 5.74) is 1.15. The predicted molar refractivity (Wildman–Crippen MR) is 61.9 cm³/mol. The molecule has 2 aromatic rings. The predicted octanol–water partition coefficient (Wildman–Crippen LogP) is 2.90. The van der Waals surface area contributed by atoms with Crippen molar-refractivity contribution in [1.29, 1.82) is 0 Å². The second-order valence-corrected chi connectivity index (χ2v) is 8.81. The summed E-state index contributed by atoms with van der Waals surface area (Å²) in [4.78, 5) is 0. The Balaban J connectivity index is 2.44. The minimum absolute atomic E-state index is 1.15. The summed E-state index contributed by atoms with van der Waals surface area (Å²) < 4.78 is 7.80. The second kappa shape index (κ2) is 3.17. The molecule has 0 aliphatic rings. The highest BCUT2D eigenvalue weighted by atomic mass is 28.4. The van der Waals surface area contributed by atoms with Crippen LogP contribution in [0.1, 0.15) is 0 Å². The summed E-state index contributed by atoms with van der Waals surface area (Å²) in [6.07, 6.45) is 1.99. The highest BCUT2D eigenvalue weighted by Gasteiger charge is 2.17. The van der Waals surface area contributed by atoms with Crippen LogP contribution in [-0.4, -0.2) is 13.0 Å². The van der Waals surface area contributed by atoms with Gasteiger partial charge in [0.05, 0.1) is 5.52 Å². The second-order valence-electron chi connectivity index (χ2n) is 4.40. The molecule has 0 saturated carbocycles. The third-order valence-electron chi connectivity index (χ3n) is 1.94. The molecule has 0 N–H and O–H groups in total. The van der Waals surface area contributed by atoms with Crippen LogP contribution in [-0.2, 0) is 0 Å². The Morgan fingerprint density at radius 2 is 1.79 bits per heavy atom. The first-order chi connectivity index (χ1) is 6.56. The van der Waals surface area contributed by atoms with Crippen LogP contribution in [0.5, 0.6) is 0 Å². The molecule has 74 valence electrons. The molecule has 2 rings (SSSR count). The van der Waals surface area contributed by atoms with E-state index in [2.05, 4.69) is 37.8 Å². The van der Waals surface area contributed by atoms with Gasteiger partial charge >= 0.3 is 0 Å². The van der Waals surface area contributed by atoms with E-state index in [1.165, 1.54) is 5.39 Å². The molecule has 14 heavy (non-hydrogen) atoms. The topological polar surface area (TPSA) is 14.2 Å². The van der Waals surface area contributed by atoms with Crippen LogP contribution < -0.4 is 4.53 Å². The molecule has 0 unspecified atom stereocenters. The van der Waals surface area contributed by atoms with Crippen LogP contribution >= 0.6 is 0 Å². The van der Waals surface area contributed by atoms with Crippen molar-refractivity contribution in [3.63, 3.8) is 0 Å². The Bertz CT molecular complexity index is 442. The maximum absolute atomic E-state index is 5.91. The molecule has 3 heteroatoms. The quantitative estimate of drug-likeness (QED) is 0.688. The average Bonchev–Trinajstić information content (AvgIpc) is 2.47. The maximum Gasteiger partial charge on any atom is 0.276 e. The van der Waals surface area contributed by atoms with Crippen LogP contribution in [0.2, 0.25) is 19.6 Å². The van der Waals surface area contributed by atoms with Crippen LogP contribution in [0.25, 0.3) is 10.9 Å². The lowest BCUT2D eigenvalue weighted by molar-refractivity contribution is 0.283. The molecule has 1 aromatic carbocycles. The Hall–Kier alpha value is -1.22. The van der Waals surface area contributed by atoms with Crippen LogP contribution in [0.15, 0.2) is 36.5 Å². The third kappa shape index (κ3) is 1.82. The van der Waals surface area contributed by atoms with E-state index in [1.54, 1.807) is 0 Å². The van der Waals surface area contributed by atoms with Crippen molar-refractivity contribution in [2.45, 2.75) is 19.6 Å². The lowest BCUT2D eigenvalue weighted by Crippen LogP contribution is -2.35. The smallest absolute Gasteiger partial charge is 0.276 e. The van der Waals surface area contributed by atoms with Gasteiger partial charge in [-0.25, -0.2) is 4.73 Å². The third-order valence-corrected chi connectivity index (χ3v) is 2.68. The summed E-state index contributed by atoms with van der Waals surface area (Å²) in [5.74, 6) is 0. The lowest BCUT2D eigenvalue weighted by atomic mass is 10.3. The molecule has 0 bridgehead atoms. The maximum atomic E-state index is 5.91. The van der Waals surface area contributed by atoms with Crippen molar-refractivity contribution in [1.82, 2.24) is 4.73 Å². The number of rotatable bonds is 2. The van der Waals surface area contributed by atoms with E-state index in [4.69, 9.17) is 4.53 Å². The summed E-state index contributed by atoms with van der Waals surface area (Å²) in [7, 11) is -1.52. The first-order valence-corrected chi connectivity index (χ1v) is 8.23. The summed E-state index contributed by atoms with van der Waals surface area (Å²) >= 11 is 0. The van der Waals surface area contributed by atoms with Gasteiger partial charge in [-0.2, -0.15) is 0 Å². The molecule has 0 amide bonds. The van der Waals surface area contributed by atoms with Gasteiger partial charge in [0.1, 0.15) is 0 Å². The van der Waals surface area contributed by atoms with Crippen molar-refractivity contribution in [2.75, 3.05) is 0 Å². The first kappa shape index (κ1) is 9.34. The molecular weight excluding hydrogens is 190 g/mol. The van der Waals surface area contributed by atoms with E-state index < -0.39 is 8.32 Å². The molecule has 0 atom stereocenters. The number of benzene rings is 1. The van der Waals surface area contributed by atoms with E-state index in [-0.39, 0.29) is 0 Å². The molecule has 0 aliphatic heterocycles. The SMILES string of the molecule is C[Si](C)(C)On1ccc2ccccc21. The van der Waals surface area contributed by atoms with Crippen molar-refractivity contribution in [3.05, 3.63) is 36.5 Å². The fourth-order valence-electron chi connectivity index (χ4n) is 1.43. The average molecular weight is 205 g/mol. The van der Waals surface area contributed by atoms with Gasteiger partial charge in [-0.15, -0.1) is 0 Å². The number of para-hydroxylation sites is 1. The lowest BCUT2D eigenvalue weighted by Gasteiger charge is -2.19. The Kier molecular flexibility index (Phi) is 2.11. The Labute approximate surface area is 85.2 Å². The van der Waals surface area contributed by atoms with Crippen LogP contribution in [0.3, 0.4) is 0 Å². The van der Waals surface area contributed by atoms with Gasteiger partial charge in [0.15, 0.2) is 0 Å². The van der Waals surface area contributed by atoms with Gasteiger partial charge in [-0.1, -0.05) is 18.2 Å². The monoisotopic (exact) mass is 205 g/mol. The highest BCUT2D eigenvalue weighted by Crippen LogP contribution is 2.15. The van der Waals surface area contributed by atoms with Gasteiger partial charge in [-0.05, 0) is 31.8 Å². The summed E-state index contributed by atoms with van der Waals surface area (Å²) in [5, 5.41) is 1.23. The molecule has 0 saturated heterocycles. The van der Waals surface area contributed by atoms with E-state index in [1.807, 2.05) is 23.1 Å². The number of aromatic nitrogens is 1. The van der Waals surface area contributed by atoms with Crippen molar-refractivity contribution in [3.8, 4) is 0 Å². The number of hydrogen-bond acceptors (Lipinski definition) is 1. The minimum atomic E-state index is -1.52. The molecule has 0 spiro atoms. The largest absolute Gasteiger partial charge is 0.470 e. The van der Waals surface area contributed by atoms with Crippen molar-refractivity contribution < 1.29 is 4.53 Å². The van der Waals surface area contributed by atoms with Crippen molar-refractivity contribution >= 4 is 19.2 Å². The van der Waals surface area contributed by atoms with E-state index in [0.29, 0.717) is 0 Å². The van der Waals surface area contributed by atoms with Crippen LogP contribution in [0.4, 0.5) is 0 Å². The molecule has 1 heterocycles. The number of nitrogens with zero attached hydrogens (tertiary/aromatic N) is 1. The van der Waals surface area contributed by atoms with Gasteiger partial charge in [-0.3, -0.25) is 0 Å². The zero-order valence-electron chi connectivity index (χ0n) is 8.82. The van der Waals surface area contributed by atoms with Crippen molar-refractivity contribution in [2.24, 2.45) is 0 Å². The molecule has 2 nitrogen and oxygen atoms in total. The molecule has 0 radical (unpaired) electrons. The van der Waals surface area contributed by atoms with E-state index in [9.17, 15) is 0 Å². The summed E-state index contributed by atoms with van der Waals surface area (Å²) in [6.45, 7) is 6.55. The molecular formula is C11H15NOSi. The zero-order chi connectivity index (χ0) is 10.2. The number of hydrogen-bond donors (Lipinski definition) is 0. The molecule has 0 fully saturated rings. The molecule has 1 aromatic heterocycles. The fraction of sp³-hybridized carbons (Fsp3) is 0.273. The minimum Gasteiger partial charge on any atom is -0.470 e.